The van der Waals surface area contributed by atoms with Crippen molar-refractivity contribution in [1.29, 1.82) is 0 Å². The van der Waals surface area contributed by atoms with Crippen LogP contribution in [0.1, 0.15) is 21.6 Å². The summed E-state index contributed by atoms with van der Waals surface area (Å²) in [6.07, 6.45) is 3.09. The highest BCUT2D eigenvalue weighted by molar-refractivity contribution is 5.92. The fourth-order valence-corrected chi connectivity index (χ4v) is 2.35. The minimum Gasteiger partial charge on any atom is -0.341 e. The fourth-order valence-electron chi connectivity index (χ4n) is 2.35. The molecule has 0 saturated heterocycles. The van der Waals surface area contributed by atoms with Gasteiger partial charge in [-0.05, 0) is 11.1 Å². The van der Waals surface area contributed by atoms with Crippen molar-refractivity contribution in [3.8, 4) is 0 Å². The number of amides is 1. The van der Waals surface area contributed by atoms with Crippen molar-refractivity contribution in [2.45, 2.75) is 13.1 Å². The summed E-state index contributed by atoms with van der Waals surface area (Å²) in [6.45, 7) is 1.13. The van der Waals surface area contributed by atoms with Gasteiger partial charge in [0.05, 0.1) is 12.5 Å². The zero-order valence-corrected chi connectivity index (χ0v) is 12.1. The summed E-state index contributed by atoms with van der Waals surface area (Å²) in [5.41, 5.74) is 2.71. The van der Waals surface area contributed by atoms with E-state index in [0.717, 1.165) is 11.1 Å². The number of aromatic nitrogens is 2. The summed E-state index contributed by atoms with van der Waals surface area (Å²) in [7, 11) is 0. The molecule has 0 aliphatic carbocycles. The second-order valence-corrected chi connectivity index (χ2v) is 5.10. The van der Waals surface area contributed by atoms with Crippen LogP contribution in [0.25, 0.3) is 0 Å². The number of carbonyl (C=O) groups excluding carboxylic acids is 1. The Morgan fingerprint density at radius 1 is 0.909 bits per heavy atom. The third-order valence-corrected chi connectivity index (χ3v) is 3.45. The Labute approximate surface area is 129 Å². The number of benzene rings is 2. The number of carbonyl (C=O) groups is 1. The van der Waals surface area contributed by atoms with Gasteiger partial charge in [0.2, 0.25) is 0 Å². The SMILES string of the molecule is O=C(c1cnc[nH]1)N(Cc1ccccc1)Cc1ccccc1. The maximum absolute atomic E-state index is 12.7. The van der Waals surface area contributed by atoms with Crippen LogP contribution in [0, 0.1) is 0 Å². The standard InChI is InChI=1S/C18H17N3O/c22-18(17-11-19-14-20-17)21(12-15-7-3-1-4-8-15)13-16-9-5-2-6-10-16/h1-11,14H,12-13H2,(H,19,20). The molecule has 0 fully saturated rings. The molecule has 0 aliphatic rings. The predicted molar refractivity (Wildman–Crippen MR) is 85.0 cm³/mol. The lowest BCUT2D eigenvalue weighted by Gasteiger charge is -2.22. The molecule has 0 bridgehead atoms. The molecule has 2 aromatic carbocycles. The molecule has 0 spiro atoms. The lowest BCUT2D eigenvalue weighted by atomic mass is 10.1. The van der Waals surface area contributed by atoms with Crippen molar-refractivity contribution in [3.63, 3.8) is 0 Å². The number of aromatic amines is 1. The second kappa shape index (κ2) is 6.72. The molecule has 0 saturated carbocycles. The van der Waals surface area contributed by atoms with Gasteiger partial charge in [-0.25, -0.2) is 4.98 Å². The molecular weight excluding hydrogens is 274 g/mol. The molecule has 1 aromatic heterocycles. The second-order valence-electron chi connectivity index (χ2n) is 5.10. The lowest BCUT2D eigenvalue weighted by molar-refractivity contribution is 0.0724. The van der Waals surface area contributed by atoms with Crippen molar-refractivity contribution in [1.82, 2.24) is 14.9 Å². The van der Waals surface area contributed by atoms with Gasteiger partial charge in [-0.15, -0.1) is 0 Å². The van der Waals surface area contributed by atoms with E-state index >= 15 is 0 Å². The third kappa shape index (κ3) is 3.41. The van der Waals surface area contributed by atoms with Gasteiger partial charge in [-0.1, -0.05) is 60.7 Å². The van der Waals surface area contributed by atoms with E-state index in [-0.39, 0.29) is 5.91 Å². The first-order valence-electron chi connectivity index (χ1n) is 7.18. The molecule has 1 heterocycles. The van der Waals surface area contributed by atoms with E-state index in [0.29, 0.717) is 18.8 Å². The number of nitrogens with one attached hydrogen (secondary N) is 1. The van der Waals surface area contributed by atoms with Crippen molar-refractivity contribution >= 4 is 5.91 Å². The van der Waals surface area contributed by atoms with Gasteiger partial charge in [-0.3, -0.25) is 4.79 Å². The van der Waals surface area contributed by atoms with E-state index in [4.69, 9.17) is 0 Å². The van der Waals surface area contributed by atoms with Crippen molar-refractivity contribution in [3.05, 3.63) is 90.0 Å². The molecule has 3 aromatic rings. The van der Waals surface area contributed by atoms with Gasteiger partial charge < -0.3 is 9.88 Å². The van der Waals surface area contributed by atoms with Gasteiger partial charge in [0.15, 0.2) is 0 Å². The Bertz CT molecular complexity index is 667. The number of hydrogen-bond donors (Lipinski definition) is 1. The normalized spacial score (nSPS) is 10.4. The van der Waals surface area contributed by atoms with Crippen molar-refractivity contribution in [2.75, 3.05) is 0 Å². The van der Waals surface area contributed by atoms with Crippen LogP contribution in [0.4, 0.5) is 0 Å². The smallest absolute Gasteiger partial charge is 0.272 e. The van der Waals surface area contributed by atoms with Gasteiger partial charge in [0.25, 0.3) is 5.91 Å². The zero-order chi connectivity index (χ0) is 15.2. The van der Waals surface area contributed by atoms with Gasteiger partial charge in [-0.2, -0.15) is 0 Å². The number of rotatable bonds is 5. The molecule has 0 atom stereocenters. The molecule has 1 amide bonds. The van der Waals surface area contributed by atoms with E-state index < -0.39 is 0 Å². The van der Waals surface area contributed by atoms with Crippen LogP contribution in [0.15, 0.2) is 73.2 Å². The largest absolute Gasteiger partial charge is 0.341 e. The molecule has 1 N–H and O–H groups in total. The highest BCUT2D eigenvalue weighted by Crippen LogP contribution is 2.13. The summed E-state index contributed by atoms with van der Waals surface area (Å²) in [6, 6.07) is 20.0. The first kappa shape index (κ1) is 14.1. The maximum Gasteiger partial charge on any atom is 0.272 e. The molecule has 110 valence electrons. The molecule has 3 rings (SSSR count). The van der Waals surface area contributed by atoms with E-state index in [1.807, 2.05) is 65.6 Å². The average molecular weight is 291 g/mol. The Morgan fingerprint density at radius 2 is 1.45 bits per heavy atom. The predicted octanol–water partition coefficient (Wildman–Crippen LogP) is 3.25. The van der Waals surface area contributed by atoms with Crippen molar-refractivity contribution < 1.29 is 4.79 Å². The molecule has 4 heteroatoms. The van der Waals surface area contributed by atoms with Crippen LogP contribution in [0.3, 0.4) is 0 Å². The Hall–Kier alpha value is -2.88. The summed E-state index contributed by atoms with van der Waals surface area (Å²) >= 11 is 0. The van der Waals surface area contributed by atoms with E-state index in [2.05, 4.69) is 9.97 Å². The van der Waals surface area contributed by atoms with Crippen LogP contribution < -0.4 is 0 Å². The highest BCUT2D eigenvalue weighted by atomic mass is 16.2. The minimum atomic E-state index is -0.0507. The molecule has 4 nitrogen and oxygen atoms in total. The van der Waals surface area contributed by atoms with E-state index in [9.17, 15) is 4.79 Å². The summed E-state index contributed by atoms with van der Waals surface area (Å²) in [5, 5.41) is 0. The van der Waals surface area contributed by atoms with Crippen LogP contribution in [-0.4, -0.2) is 20.8 Å². The summed E-state index contributed by atoms with van der Waals surface area (Å²) < 4.78 is 0. The zero-order valence-electron chi connectivity index (χ0n) is 12.1. The monoisotopic (exact) mass is 291 g/mol. The third-order valence-electron chi connectivity index (χ3n) is 3.45. The minimum absolute atomic E-state index is 0.0507. The molecule has 22 heavy (non-hydrogen) atoms. The lowest BCUT2D eigenvalue weighted by Crippen LogP contribution is -2.30. The van der Waals surface area contributed by atoms with E-state index in [1.54, 1.807) is 6.20 Å². The molecule has 0 radical (unpaired) electrons. The first-order valence-corrected chi connectivity index (χ1v) is 7.18. The Balaban J connectivity index is 1.83. The van der Waals surface area contributed by atoms with Crippen LogP contribution in [0.5, 0.6) is 0 Å². The van der Waals surface area contributed by atoms with Gasteiger partial charge in [0.1, 0.15) is 5.69 Å². The topological polar surface area (TPSA) is 49.0 Å². The number of hydrogen-bond acceptors (Lipinski definition) is 2. The number of nitrogens with zero attached hydrogens (tertiary/aromatic N) is 2. The van der Waals surface area contributed by atoms with Crippen molar-refractivity contribution in [2.24, 2.45) is 0 Å². The fraction of sp³-hybridized carbons (Fsp3) is 0.111. The molecule has 0 aliphatic heterocycles. The summed E-state index contributed by atoms with van der Waals surface area (Å²) in [4.78, 5) is 21.3. The van der Waals surface area contributed by atoms with Gasteiger partial charge >= 0.3 is 0 Å². The number of H-pyrrole nitrogens is 1. The molecule has 0 unspecified atom stereocenters. The van der Waals surface area contributed by atoms with E-state index in [1.165, 1.54) is 6.33 Å². The van der Waals surface area contributed by atoms with Crippen LogP contribution >= 0.6 is 0 Å². The maximum atomic E-state index is 12.7. The average Bonchev–Trinajstić information content (AvgIpc) is 3.10. The Morgan fingerprint density at radius 3 is 1.91 bits per heavy atom. The Kier molecular flexibility index (Phi) is 4.30. The first-order chi connectivity index (χ1) is 10.8. The quantitative estimate of drug-likeness (QED) is 0.784. The number of imidazole rings is 1. The highest BCUT2D eigenvalue weighted by Gasteiger charge is 2.17. The summed E-state index contributed by atoms with van der Waals surface area (Å²) in [5.74, 6) is -0.0507. The van der Waals surface area contributed by atoms with Crippen LogP contribution in [0.2, 0.25) is 0 Å². The molecular formula is C18H17N3O. The van der Waals surface area contributed by atoms with Crippen LogP contribution in [-0.2, 0) is 13.1 Å². The van der Waals surface area contributed by atoms with Gasteiger partial charge in [0, 0.05) is 13.1 Å².